The lowest BCUT2D eigenvalue weighted by molar-refractivity contribution is 0.415. The Balaban J connectivity index is 1.73. The Bertz CT molecular complexity index is 1330. The van der Waals surface area contributed by atoms with Gasteiger partial charge in [-0.15, -0.1) is 10.2 Å². The first-order valence-corrected chi connectivity index (χ1v) is 11.1. The van der Waals surface area contributed by atoms with Crippen LogP contribution in [0.25, 0.3) is 10.9 Å². The molecule has 4 aromatic rings. The number of aromatic nitrogens is 1. The number of rotatable bonds is 7. The van der Waals surface area contributed by atoms with Gasteiger partial charge in [0.25, 0.3) is 0 Å². The van der Waals surface area contributed by atoms with Gasteiger partial charge >= 0.3 is 0 Å². The zero-order valence-electron chi connectivity index (χ0n) is 20.3. The molecule has 0 amide bonds. The van der Waals surface area contributed by atoms with Crippen molar-refractivity contribution < 1.29 is 4.74 Å². The van der Waals surface area contributed by atoms with Crippen molar-refractivity contribution in [2.24, 2.45) is 10.2 Å². The van der Waals surface area contributed by atoms with Crippen LogP contribution >= 0.6 is 0 Å². The lowest BCUT2D eigenvalue weighted by atomic mass is 10.0. The van der Waals surface area contributed by atoms with Crippen LogP contribution in [0.3, 0.4) is 0 Å². The van der Waals surface area contributed by atoms with Crippen molar-refractivity contribution in [2.45, 2.75) is 6.42 Å². The number of benzene rings is 3. The maximum Gasteiger partial charge on any atom is 0.121 e. The van der Waals surface area contributed by atoms with Gasteiger partial charge in [-0.1, -0.05) is 18.2 Å². The highest BCUT2D eigenvalue weighted by Crippen LogP contribution is 2.36. The van der Waals surface area contributed by atoms with E-state index in [-0.39, 0.29) is 0 Å². The van der Waals surface area contributed by atoms with Crippen LogP contribution in [-0.4, -0.2) is 40.3 Å². The van der Waals surface area contributed by atoms with Crippen molar-refractivity contribution >= 4 is 39.3 Å². The number of hydrogen-bond donors (Lipinski definition) is 1. The molecule has 7 nitrogen and oxygen atoms in total. The lowest BCUT2D eigenvalue weighted by Gasteiger charge is -2.18. The second-order valence-electron chi connectivity index (χ2n) is 8.59. The summed E-state index contributed by atoms with van der Waals surface area (Å²) in [5.74, 6) is 0.710. The van der Waals surface area contributed by atoms with Gasteiger partial charge in [-0.25, -0.2) is 0 Å². The first-order valence-electron chi connectivity index (χ1n) is 11.1. The van der Waals surface area contributed by atoms with E-state index >= 15 is 0 Å². The van der Waals surface area contributed by atoms with Crippen molar-refractivity contribution in [3.63, 3.8) is 0 Å². The fraction of sp³-hybridized carbons (Fsp3) is 0.222. The van der Waals surface area contributed by atoms with Gasteiger partial charge in [-0.05, 0) is 53.9 Å². The minimum atomic E-state index is 0.650. The summed E-state index contributed by atoms with van der Waals surface area (Å²) in [6, 6.07) is 20.1. The van der Waals surface area contributed by atoms with Gasteiger partial charge in [-0.2, -0.15) is 0 Å². The molecule has 2 N–H and O–H groups in total. The fourth-order valence-electron chi connectivity index (χ4n) is 3.81. The molecule has 1 heterocycles. The Morgan fingerprint density at radius 3 is 2.29 bits per heavy atom. The molecular weight excluding hydrogens is 424 g/mol. The van der Waals surface area contributed by atoms with Crippen LogP contribution in [0, 0.1) is 0 Å². The number of nitrogen functional groups attached to an aromatic ring is 1. The molecular formula is C27H30N6O. The van der Waals surface area contributed by atoms with Gasteiger partial charge in [0, 0.05) is 57.2 Å². The molecule has 1 aromatic heterocycles. The standard InChI is InChI=1S/C27H30N6O/c1-32(2)21-10-8-18(9-11-21)13-20-15-24(26(33(3)4)17-23(20)28)30-31-25-16-22(34-5)14-19-7-6-12-29-27(19)25/h6-12,14-17H,13,28H2,1-5H3. The number of hydrogen-bond acceptors (Lipinski definition) is 7. The minimum absolute atomic E-state index is 0.650. The van der Waals surface area contributed by atoms with E-state index in [0.29, 0.717) is 17.9 Å². The third-order valence-electron chi connectivity index (χ3n) is 5.72. The zero-order chi connectivity index (χ0) is 24.2. The second kappa shape index (κ2) is 9.79. The molecule has 0 saturated heterocycles. The highest BCUT2D eigenvalue weighted by Gasteiger charge is 2.12. The number of methoxy groups -OCH3 is 1. The summed E-state index contributed by atoms with van der Waals surface area (Å²) in [5, 5.41) is 10.2. The molecule has 3 aromatic carbocycles. The average molecular weight is 455 g/mol. The summed E-state index contributed by atoms with van der Waals surface area (Å²) in [6.45, 7) is 0. The number of ether oxygens (including phenoxy) is 1. The zero-order valence-corrected chi connectivity index (χ0v) is 20.3. The van der Waals surface area contributed by atoms with Crippen LogP contribution in [0.1, 0.15) is 11.1 Å². The second-order valence-corrected chi connectivity index (χ2v) is 8.59. The van der Waals surface area contributed by atoms with E-state index in [1.807, 2.05) is 69.5 Å². The predicted molar refractivity (Wildman–Crippen MR) is 141 cm³/mol. The van der Waals surface area contributed by atoms with Crippen molar-refractivity contribution in [3.8, 4) is 5.75 Å². The molecule has 0 atom stereocenters. The van der Waals surface area contributed by atoms with Crippen LogP contribution < -0.4 is 20.3 Å². The van der Waals surface area contributed by atoms with E-state index in [0.717, 1.165) is 39.2 Å². The Hall–Kier alpha value is -4.13. The third-order valence-corrected chi connectivity index (χ3v) is 5.72. The summed E-state index contributed by atoms with van der Waals surface area (Å²) >= 11 is 0. The van der Waals surface area contributed by atoms with Gasteiger partial charge < -0.3 is 20.3 Å². The van der Waals surface area contributed by atoms with E-state index < -0.39 is 0 Å². The van der Waals surface area contributed by atoms with Crippen molar-refractivity contribution in [1.29, 1.82) is 0 Å². The van der Waals surface area contributed by atoms with Crippen LogP contribution in [0.2, 0.25) is 0 Å². The SMILES string of the molecule is COc1cc(N=Nc2cc(Cc3ccc(N(C)C)cc3)c(N)cc2N(C)C)c2ncccc2c1. The van der Waals surface area contributed by atoms with Crippen LogP contribution in [0.5, 0.6) is 5.75 Å². The highest BCUT2D eigenvalue weighted by atomic mass is 16.5. The van der Waals surface area contributed by atoms with Gasteiger partial charge in [0.1, 0.15) is 17.1 Å². The predicted octanol–water partition coefficient (Wildman–Crippen LogP) is 5.96. The summed E-state index contributed by atoms with van der Waals surface area (Å²) in [4.78, 5) is 8.56. The lowest BCUT2D eigenvalue weighted by Crippen LogP contribution is -2.10. The van der Waals surface area contributed by atoms with Crippen LogP contribution in [-0.2, 0) is 6.42 Å². The van der Waals surface area contributed by atoms with E-state index in [9.17, 15) is 0 Å². The maximum absolute atomic E-state index is 6.44. The van der Waals surface area contributed by atoms with Gasteiger partial charge in [0.2, 0.25) is 0 Å². The maximum atomic E-state index is 6.44. The number of anilines is 3. The number of pyridine rings is 1. The van der Waals surface area contributed by atoms with E-state index in [1.54, 1.807) is 13.3 Å². The van der Waals surface area contributed by atoms with E-state index in [4.69, 9.17) is 10.5 Å². The first-order chi connectivity index (χ1) is 16.4. The topological polar surface area (TPSA) is 79.3 Å². The number of azo groups is 1. The molecule has 4 rings (SSSR count). The monoisotopic (exact) mass is 454 g/mol. The molecule has 0 radical (unpaired) electrons. The molecule has 0 fully saturated rings. The molecule has 0 aliphatic heterocycles. The summed E-state index contributed by atoms with van der Waals surface area (Å²) in [5.41, 5.74) is 13.6. The molecule has 7 heteroatoms. The van der Waals surface area contributed by atoms with Crippen LogP contribution in [0.15, 0.2) is 77.1 Å². The molecule has 0 saturated carbocycles. The number of fused-ring (bicyclic) bond motifs is 1. The Labute approximate surface area is 200 Å². The van der Waals surface area contributed by atoms with Crippen molar-refractivity contribution in [1.82, 2.24) is 4.98 Å². The molecule has 0 aliphatic rings. The molecule has 0 spiro atoms. The largest absolute Gasteiger partial charge is 0.497 e. The third kappa shape index (κ3) is 4.93. The molecule has 34 heavy (non-hydrogen) atoms. The van der Waals surface area contributed by atoms with Crippen molar-refractivity contribution in [3.05, 3.63) is 78.0 Å². The van der Waals surface area contributed by atoms with Gasteiger partial charge in [-0.3, -0.25) is 4.98 Å². The van der Waals surface area contributed by atoms with Gasteiger partial charge in [0.15, 0.2) is 0 Å². The average Bonchev–Trinajstić information content (AvgIpc) is 2.83. The summed E-state index contributed by atoms with van der Waals surface area (Å²) in [7, 11) is 9.64. The smallest absolute Gasteiger partial charge is 0.121 e. The molecule has 0 bridgehead atoms. The van der Waals surface area contributed by atoms with Crippen LogP contribution in [0.4, 0.5) is 28.4 Å². The Morgan fingerprint density at radius 1 is 0.882 bits per heavy atom. The number of nitrogens with zero attached hydrogens (tertiary/aromatic N) is 5. The quantitative estimate of drug-likeness (QED) is 0.275. The minimum Gasteiger partial charge on any atom is -0.497 e. The number of nitrogens with two attached hydrogens (primary N) is 1. The van der Waals surface area contributed by atoms with E-state index in [1.165, 1.54) is 5.56 Å². The normalized spacial score (nSPS) is 11.2. The van der Waals surface area contributed by atoms with E-state index in [2.05, 4.69) is 44.4 Å². The fourth-order valence-corrected chi connectivity index (χ4v) is 3.81. The first kappa shape index (κ1) is 23.0. The Kier molecular flexibility index (Phi) is 6.63. The Morgan fingerprint density at radius 2 is 1.62 bits per heavy atom. The van der Waals surface area contributed by atoms with Gasteiger partial charge in [0.05, 0.1) is 18.3 Å². The molecule has 0 aliphatic carbocycles. The molecule has 0 unspecified atom stereocenters. The highest BCUT2D eigenvalue weighted by molar-refractivity contribution is 5.90. The summed E-state index contributed by atoms with van der Waals surface area (Å²) < 4.78 is 5.44. The summed E-state index contributed by atoms with van der Waals surface area (Å²) in [6.07, 6.45) is 2.46. The molecule has 174 valence electrons. The van der Waals surface area contributed by atoms with Crippen molar-refractivity contribution in [2.75, 3.05) is 50.8 Å².